The fraction of sp³-hybridized carbons (Fsp3) is 0.273. The van der Waals surface area contributed by atoms with E-state index in [1.54, 1.807) is 24.3 Å². The Morgan fingerprint density at radius 1 is 1.03 bits per heavy atom. The highest BCUT2D eigenvalue weighted by Gasteiger charge is 2.42. The van der Waals surface area contributed by atoms with Gasteiger partial charge < -0.3 is 0 Å². The molecule has 2 aromatic rings. The molecule has 1 amide bonds. The van der Waals surface area contributed by atoms with Crippen molar-refractivity contribution in [3.63, 3.8) is 0 Å². The minimum Gasteiger partial charge on any atom is -0.294 e. The van der Waals surface area contributed by atoms with Crippen LogP contribution in [0.5, 0.6) is 0 Å². The number of Topliss-reactive ketones (excluding diaryl/α,β-unsaturated/α-hetero) is 1. The normalized spacial score (nSPS) is 19.5. The highest BCUT2D eigenvalue weighted by atomic mass is 19.4. The molecule has 1 aliphatic carbocycles. The summed E-state index contributed by atoms with van der Waals surface area (Å²) in [5, 5.41) is 11.6. The lowest BCUT2D eigenvalue weighted by molar-refractivity contribution is -0.384. The zero-order valence-electron chi connectivity index (χ0n) is 16.2. The van der Waals surface area contributed by atoms with Gasteiger partial charge in [-0.25, -0.2) is 0 Å². The summed E-state index contributed by atoms with van der Waals surface area (Å²) < 4.78 is 39.3. The van der Waals surface area contributed by atoms with Gasteiger partial charge in [0.05, 0.1) is 10.5 Å². The molecule has 1 unspecified atom stereocenters. The van der Waals surface area contributed by atoms with Gasteiger partial charge in [-0.15, -0.1) is 0 Å². The summed E-state index contributed by atoms with van der Waals surface area (Å²) in [6.45, 7) is 0. The number of hydrogen-bond acceptors (Lipinski definition) is 4. The Labute approximate surface area is 175 Å². The zero-order valence-corrected chi connectivity index (χ0v) is 16.2. The predicted molar refractivity (Wildman–Crippen MR) is 105 cm³/mol. The number of allylic oxidation sites excluding steroid dienone is 2. The molecular weight excluding hydrogens is 413 g/mol. The first-order valence-corrected chi connectivity index (χ1v) is 9.68. The molecular formula is C22H17F3N2O4. The Bertz CT molecular complexity index is 1110. The van der Waals surface area contributed by atoms with Crippen molar-refractivity contribution < 1.29 is 27.7 Å². The van der Waals surface area contributed by atoms with Gasteiger partial charge in [0.1, 0.15) is 5.69 Å². The smallest absolute Gasteiger partial charge is 0.294 e. The third kappa shape index (κ3) is 3.71. The Hall–Kier alpha value is -3.49. The van der Waals surface area contributed by atoms with Gasteiger partial charge in [-0.05, 0) is 30.5 Å². The molecule has 0 saturated heterocycles. The molecule has 0 radical (unpaired) electrons. The number of nitrogens with zero attached hydrogens (tertiary/aromatic N) is 2. The van der Waals surface area contributed by atoms with Gasteiger partial charge in [0.15, 0.2) is 5.78 Å². The average Bonchev–Trinajstić information content (AvgIpc) is 2.73. The van der Waals surface area contributed by atoms with Crippen LogP contribution in [0.2, 0.25) is 0 Å². The van der Waals surface area contributed by atoms with Crippen LogP contribution in [-0.4, -0.2) is 16.6 Å². The molecule has 1 atom stereocenters. The molecule has 4 rings (SSSR count). The van der Waals surface area contributed by atoms with E-state index in [9.17, 15) is 32.9 Å². The van der Waals surface area contributed by atoms with E-state index in [2.05, 4.69) is 0 Å². The number of amides is 1. The maximum Gasteiger partial charge on any atom is 0.416 e. The molecule has 6 nitrogen and oxygen atoms in total. The standard InChI is InChI=1S/C22H17F3N2O4/c23-22(24,25)14-9-10-16(18(11-14)27(30)31)26-17-7-4-8-19(28)21(17)15(12-20(26)29)13-5-2-1-3-6-13/h1-3,5-6,9-11,15H,4,7-8,12H2. The fourth-order valence-corrected chi connectivity index (χ4v) is 4.28. The van der Waals surface area contributed by atoms with Crippen molar-refractivity contribution in [3.8, 4) is 0 Å². The van der Waals surface area contributed by atoms with E-state index < -0.39 is 34.2 Å². The number of hydrogen-bond donors (Lipinski definition) is 0. The van der Waals surface area contributed by atoms with Crippen molar-refractivity contribution in [3.05, 3.63) is 81.0 Å². The van der Waals surface area contributed by atoms with E-state index >= 15 is 0 Å². The highest BCUT2D eigenvalue weighted by molar-refractivity contribution is 6.08. The maximum atomic E-state index is 13.1. The lowest BCUT2D eigenvalue weighted by atomic mass is 9.77. The van der Waals surface area contributed by atoms with Crippen LogP contribution in [0.15, 0.2) is 59.8 Å². The van der Waals surface area contributed by atoms with Crippen molar-refractivity contribution >= 4 is 23.1 Å². The quantitative estimate of drug-likeness (QED) is 0.499. The lowest BCUT2D eigenvalue weighted by Crippen LogP contribution is -2.40. The van der Waals surface area contributed by atoms with Crippen molar-refractivity contribution in [1.82, 2.24) is 0 Å². The van der Waals surface area contributed by atoms with Crippen LogP contribution in [0.25, 0.3) is 0 Å². The molecule has 0 fully saturated rings. The summed E-state index contributed by atoms with van der Waals surface area (Å²) in [7, 11) is 0. The Kier molecular flexibility index (Phi) is 5.12. The van der Waals surface area contributed by atoms with E-state index in [1.807, 2.05) is 6.07 Å². The van der Waals surface area contributed by atoms with E-state index in [4.69, 9.17) is 0 Å². The van der Waals surface area contributed by atoms with Crippen LogP contribution in [0.1, 0.15) is 42.7 Å². The van der Waals surface area contributed by atoms with Gasteiger partial charge in [-0.1, -0.05) is 30.3 Å². The Morgan fingerprint density at radius 3 is 2.39 bits per heavy atom. The van der Waals surface area contributed by atoms with E-state index in [1.165, 1.54) is 0 Å². The number of carbonyl (C=O) groups is 2. The van der Waals surface area contributed by atoms with Gasteiger partial charge in [-0.3, -0.25) is 24.6 Å². The molecule has 31 heavy (non-hydrogen) atoms. The molecule has 2 aromatic carbocycles. The number of carbonyl (C=O) groups excluding carboxylic acids is 2. The number of benzene rings is 2. The topological polar surface area (TPSA) is 80.5 Å². The van der Waals surface area contributed by atoms with E-state index in [0.717, 1.165) is 16.5 Å². The number of alkyl halides is 3. The number of nitro benzene ring substituents is 1. The molecule has 0 saturated carbocycles. The zero-order chi connectivity index (χ0) is 22.3. The summed E-state index contributed by atoms with van der Waals surface area (Å²) in [5.41, 5.74) is -0.734. The largest absolute Gasteiger partial charge is 0.416 e. The molecule has 1 heterocycles. The Morgan fingerprint density at radius 2 is 1.74 bits per heavy atom. The third-order valence-corrected chi connectivity index (χ3v) is 5.62. The van der Waals surface area contributed by atoms with Crippen LogP contribution in [0, 0.1) is 10.1 Å². The molecule has 0 bridgehead atoms. The summed E-state index contributed by atoms with van der Waals surface area (Å²) in [6.07, 6.45) is -3.80. The molecule has 0 spiro atoms. The second kappa shape index (κ2) is 7.64. The van der Waals surface area contributed by atoms with E-state index in [-0.39, 0.29) is 17.9 Å². The van der Waals surface area contributed by atoms with Crippen LogP contribution in [0.4, 0.5) is 24.5 Å². The number of ketones is 1. The van der Waals surface area contributed by atoms with Crippen LogP contribution in [0.3, 0.4) is 0 Å². The molecule has 160 valence electrons. The third-order valence-electron chi connectivity index (χ3n) is 5.62. The van der Waals surface area contributed by atoms with Crippen LogP contribution < -0.4 is 4.90 Å². The SMILES string of the molecule is O=C1CCCC2=C1C(c1ccccc1)CC(=O)N2c1ccc(C(F)(F)F)cc1[N+](=O)[O-]. The maximum absolute atomic E-state index is 13.1. The molecule has 1 aliphatic heterocycles. The molecule has 0 N–H and O–H groups in total. The number of rotatable bonds is 3. The van der Waals surface area contributed by atoms with Crippen molar-refractivity contribution in [2.45, 2.75) is 37.8 Å². The fourth-order valence-electron chi connectivity index (χ4n) is 4.28. The van der Waals surface area contributed by atoms with Crippen molar-refractivity contribution in [2.24, 2.45) is 0 Å². The summed E-state index contributed by atoms with van der Waals surface area (Å²) >= 11 is 0. The minimum absolute atomic E-state index is 0.104. The lowest BCUT2D eigenvalue weighted by Gasteiger charge is -2.38. The number of nitro groups is 1. The average molecular weight is 430 g/mol. The number of anilines is 1. The highest BCUT2D eigenvalue weighted by Crippen LogP contribution is 2.46. The van der Waals surface area contributed by atoms with Gasteiger partial charge in [-0.2, -0.15) is 13.2 Å². The number of halogens is 3. The van der Waals surface area contributed by atoms with Gasteiger partial charge in [0, 0.05) is 36.1 Å². The van der Waals surface area contributed by atoms with Gasteiger partial charge >= 0.3 is 6.18 Å². The summed E-state index contributed by atoms with van der Waals surface area (Å²) in [4.78, 5) is 37.7. The molecule has 2 aliphatic rings. The minimum atomic E-state index is -4.77. The Balaban J connectivity index is 1.90. The second-order valence-corrected chi connectivity index (χ2v) is 7.49. The monoisotopic (exact) mass is 430 g/mol. The van der Waals surface area contributed by atoms with E-state index in [0.29, 0.717) is 42.7 Å². The van der Waals surface area contributed by atoms with Crippen LogP contribution >= 0.6 is 0 Å². The van der Waals surface area contributed by atoms with Gasteiger partial charge in [0.25, 0.3) is 5.69 Å². The molecule has 0 aromatic heterocycles. The summed E-state index contributed by atoms with van der Waals surface area (Å²) in [6, 6.07) is 11.1. The van der Waals surface area contributed by atoms with Crippen LogP contribution in [-0.2, 0) is 15.8 Å². The second-order valence-electron chi connectivity index (χ2n) is 7.49. The van der Waals surface area contributed by atoms with Crippen molar-refractivity contribution in [1.29, 1.82) is 0 Å². The first-order valence-electron chi connectivity index (χ1n) is 9.68. The van der Waals surface area contributed by atoms with Gasteiger partial charge in [0.2, 0.25) is 5.91 Å². The predicted octanol–water partition coefficient (Wildman–Crippen LogP) is 5.14. The first-order chi connectivity index (χ1) is 14.7. The van der Waals surface area contributed by atoms with Crippen molar-refractivity contribution in [2.75, 3.05) is 4.90 Å². The first kappa shape index (κ1) is 20.8. The summed E-state index contributed by atoms with van der Waals surface area (Å²) in [5.74, 6) is -1.13. The molecule has 9 heteroatoms.